The van der Waals surface area contributed by atoms with E-state index >= 15 is 0 Å². The number of likely N-dealkylation sites (tertiary alicyclic amines) is 1. The van der Waals surface area contributed by atoms with Crippen LogP contribution in [0, 0.1) is 6.92 Å². The number of aryl methyl sites for hydroxylation is 1. The van der Waals surface area contributed by atoms with Crippen molar-refractivity contribution in [2.75, 3.05) is 12.3 Å². The van der Waals surface area contributed by atoms with Gasteiger partial charge in [-0.15, -0.1) is 0 Å². The van der Waals surface area contributed by atoms with Gasteiger partial charge in [0.25, 0.3) is 5.91 Å². The van der Waals surface area contributed by atoms with Gasteiger partial charge in [-0.05, 0) is 43.5 Å². The molecule has 1 unspecified atom stereocenters. The summed E-state index contributed by atoms with van der Waals surface area (Å²) in [7, 11) is 0. The molecule has 0 spiro atoms. The normalized spacial score (nSPS) is 18.0. The van der Waals surface area contributed by atoms with Crippen LogP contribution in [-0.2, 0) is 0 Å². The van der Waals surface area contributed by atoms with Gasteiger partial charge in [-0.2, -0.15) is 0 Å². The van der Waals surface area contributed by atoms with E-state index in [0.717, 1.165) is 30.6 Å². The minimum Gasteiger partial charge on any atom is -0.397 e. The van der Waals surface area contributed by atoms with E-state index in [1.54, 1.807) is 24.7 Å². The maximum absolute atomic E-state index is 12.8. The summed E-state index contributed by atoms with van der Waals surface area (Å²) in [6, 6.07) is 5.77. The summed E-state index contributed by atoms with van der Waals surface area (Å²) >= 11 is 0. The quantitative estimate of drug-likeness (QED) is 0.917. The van der Waals surface area contributed by atoms with Crippen LogP contribution < -0.4 is 5.73 Å². The standard InChI is InChI=1S/C16H18N4O/c1-11-14(9-13(17)10-19-11)16(21)20-8-2-3-15(20)12-4-6-18-7-5-12/h4-7,9-10,15H,2-3,8,17H2,1H3. The Morgan fingerprint density at radius 1 is 1.38 bits per heavy atom. The fraction of sp³-hybridized carbons (Fsp3) is 0.312. The number of nitrogens with zero attached hydrogens (tertiary/aromatic N) is 3. The fourth-order valence-corrected chi connectivity index (χ4v) is 2.86. The van der Waals surface area contributed by atoms with Gasteiger partial charge in [0.05, 0.1) is 29.2 Å². The summed E-state index contributed by atoms with van der Waals surface area (Å²) in [5.74, 6) is 0.00612. The summed E-state index contributed by atoms with van der Waals surface area (Å²) in [6.45, 7) is 2.60. The number of nitrogens with two attached hydrogens (primary N) is 1. The minimum absolute atomic E-state index is 0.00612. The van der Waals surface area contributed by atoms with E-state index in [-0.39, 0.29) is 11.9 Å². The minimum atomic E-state index is 0.00612. The van der Waals surface area contributed by atoms with Crippen molar-refractivity contribution in [1.29, 1.82) is 0 Å². The van der Waals surface area contributed by atoms with Crippen molar-refractivity contribution in [1.82, 2.24) is 14.9 Å². The Labute approximate surface area is 123 Å². The van der Waals surface area contributed by atoms with Crippen molar-refractivity contribution in [3.63, 3.8) is 0 Å². The number of rotatable bonds is 2. The molecule has 0 saturated carbocycles. The van der Waals surface area contributed by atoms with Gasteiger partial charge >= 0.3 is 0 Å². The Morgan fingerprint density at radius 2 is 2.14 bits per heavy atom. The highest BCUT2D eigenvalue weighted by Gasteiger charge is 2.31. The molecule has 5 heteroatoms. The second-order valence-electron chi connectivity index (χ2n) is 5.34. The van der Waals surface area contributed by atoms with Gasteiger partial charge in [0.15, 0.2) is 0 Å². The number of hydrogen-bond donors (Lipinski definition) is 1. The number of nitrogen functional groups attached to an aromatic ring is 1. The molecule has 1 fully saturated rings. The summed E-state index contributed by atoms with van der Waals surface area (Å²) in [5, 5.41) is 0. The molecule has 0 aliphatic carbocycles. The molecule has 0 radical (unpaired) electrons. The lowest BCUT2D eigenvalue weighted by atomic mass is 10.1. The lowest BCUT2D eigenvalue weighted by Crippen LogP contribution is -2.31. The molecule has 1 atom stereocenters. The molecule has 1 aliphatic heterocycles. The number of anilines is 1. The molecule has 3 heterocycles. The monoisotopic (exact) mass is 282 g/mol. The molecule has 0 aromatic carbocycles. The van der Waals surface area contributed by atoms with Gasteiger partial charge < -0.3 is 10.6 Å². The lowest BCUT2D eigenvalue weighted by Gasteiger charge is -2.25. The highest BCUT2D eigenvalue weighted by Crippen LogP contribution is 2.33. The molecule has 2 aromatic rings. The van der Waals surface area contributed by atoms with Gasteiger partial charge in [0.1, 0.15) is 0 Å². The first-order chi connectivity index (χ1) is 10.2. The molecular weight excluding hydrogens is 264 g/mol. The van der Waals surface area contributed by atoms with Crippen molar-refractivity contribution in [2.24, 2.45) is 0 Å². The molecule has 0 bridgehead atoms. The average molecular weight is 282 g/mol. The van der Waals surface area contributed by atoms with E-state index in [1.807, 2.05) is 24.0 Å². The number of amides is 1. The summed E-state index contributed by atoms with van der Waals surface area (Å²) in [4.78, 5) is 23.0. The van der Waals surface area contributed by atoms with Crippen LogP contribution in [-0.4, -0.2) is 27.3 Å². The topological polar surface area (TPSA) is 72.1 Å². The van der Waals surface area contributed by atoms with Crippen LogP contribution >= 0.6 is 0 Å². The Bertz CT molecular complexity index is 657. The van der Waals surface area contributed by atoms with Crippen LogP contribution in [0.25, 0.3) is 0 Å². The number of hydrogen-bond acceptors (Lipinski definition) is 4. The predicted molar refractivity (Wildman–Crippen MR) is 80.6 cm³/mol. The van der Waals surface area contributed by atoms with Crippen LogP contribution in [0.1, 0.15) is 40.5 Å². The third kappa shape index (κ3) is 2.59. The molecule has 5 nitrogen and oxygen atoms in total. The lowest BCUT2D eigenvalue weighted by molar-refractivity contribution is 0.0734. The maximum Gasteiger partial charge on any atom is 0.256 e. The summed E-state index contributed by atoms with van der Waals surface area (Å²) in [5.41, 5.74) is 8.73. The Kier molecular flexibility index (Phi) is 3.56. The smallest absolute Gasteiger partial charge is 0.256 e. The van der Waals surface area contributed by atoms with Gasteiger partial charge in [-0.1, -0.05) is 0 Å². The molecule has 2 aromatic heterocycles. The number of aromatic nitrogens is 2. The fourth-order valence-electron chi connectivity index (χ4n) is 2.86. The molecule has 108 valence electrons. The van der Waals surface area contributed by atoms with Crippen molar-refractivity contribution in [3.8, 4) is 0 Å². The van der Waals surface area contributed by atoms with Crippen molar-refractivity contribution in [3.05, 3.63) is 53.6 Å². The van der Waals surface area contributed by atoms with Crippen LogP contribution in [0.5, 0.6) is 0 Å². The van der Waals surface area contributed by atoms with E-state index in [9.17, 15) is 4.79 Å². The largest absolute Gasteiger partial charge is 0.397 e. The van der Waals surface area contributed by atoms with Crippen LogP contribution in [0.2, 0.25) is 0 Å². The predicted octanol–water partition coefficient (Wildman–Crippen LogP) is 2.34. The first-order valence-electron chi connectivity index (χ1n) is 7.10. The first kappa shape index (κ1) is 13.5. The summed E-state index contributed by atoms with van der Waals surface area (Å²) < 4.78 is 0. The van der Waals surface area contributed by atoms with Gasteiger partial charge in [0.2, 0.25) is 0 Å². The zero-order valence-corrected chi connectivity index (χ0v) is 12.0. The molecule has 2 N–H and O–H groups in total. The van der Waals surface area contributed by atoms with Gasteiger partial charge in [-0.25, -0.2) is 0 Å². The summed E-state index contributed by atoms with van der Waals surface area (Å²) in [6.07, 6.45) is 7.10. The Morgan fingerprint density at radius 3 is 2.90 bits per heavy atom. The maximum atomic E-state index is 12.8. The van der Waals surface area contributed by atoms with E-state index in [2.05, 4.69) is 9.97 Å². The van der Waals surface area contributed by atoms with Crippen LogP contribution in [0.15, 0.2) is 36.8 Å². The van der Waals surface area contributed by atoms with Crippen molar-refractivity contribution < 1.29 is 4.79 Å². The van der Waals surface area contributed by atoms with E-state index in [0.29, 0.717) is 11.3 Å². The first-order valence-corrected chi connectivity index (χ1v) is 7.10. The highest BCUT2D eigenvalue weighted by atomic mass is 16.2. The zero-order valence-electron chi connectivity index (χ0n) is 12.0. The van der Waals surface area contributed by atoms with E-state index in [1.165, 1.54) is 0 Å². The second-order valence-corrected chi connectivity index (χ2v) is 5.34. The van der Waals surface area contributed by atoms with Crippen molar-refractivity contribution in [2.45, 2.75) is 25.8 Å². The highest BCUT2D eigenvalue weighted by molar-refractivity contribution is 5.96. The van der Waals surface area contributed by atoms with E-state index < -0.39 is 0 Å². The molecule has 1 saturated heterocycles. The molecule has 1 amide bonds. The third-order valence-electron chi connectivity index (χ3n) is 3.94. The van der Waals surface area contributed by atoms with Gasteiger partial charge in [-0.3, -0.25) is 14.8 Å². The zero-order chi connectivity index (χ0) is 14.8. The van der Waals surface area contributed by atoms with E-state index in [4.69, 9.17) is 5.73 Å². The van der Waals surface area contributed by atoms with Crippen molar-refractivity contribution >= 4 is 11.6 Å². The van der Waals surface area contributed by atoms with Crippen LogP contribution in [0.4, 0.5) is 5.69 Å². The SMILES string of the molecule is Cc1ncc(N)cc1C(=O)N1CCCC1c1ccncc1. The molecule has 21 heavy (non-hydrogen) atoms. The number of pyridine rings is 2. The van der Waals surface area contributed by atoms with Crippen LogP contribution in [0.3, 0.4) is 0 Å². The van der Waals surface area contributed by atoms with Gasteiger partial charge in [0, 0.05) is 18.9 Å². The third-order valence-corrected chi connectivity index (χ3v) is 3.94. The average Bonchev–Trinajstić information content (AvgIpc) is 2.99. The second kappa shape index (κ2) is 5.52. The molecular formula is C16H18N4O. The number of carbonyl (C=O) groups excluding carboxylic acids is 1. The molecule has 1 aliphatic rings. The Balaban J connectivity index is 1.92. The number of carbonyl (C=O) groups is 1. The molecule has 3 rings (SSSR count). The Hall–Kier alpha value is -2.43.